The Hall–Kier alpha value is -3.58. The topological polar surface area (TPSA) is 138 Å². The summed E-state index contributed by atoms with van der Waals surface area (Å²) in [5.41, 5.74) is 0.955. The number of nitrogens with one attached hydrogen (secondary N) is 2. The SMILES string of the molecule is Cc1ccnc(NS(=O)(=O)c2ccc(NC(=O)[C@@H](C)N(c3ccc(F)cc3)S(C)(=O)=O)cc2)n1. The molecule has 2 N–H and O–H groups in total. The van der Waals surface area contributed by atoms with Gasteiger partial charge < -0.3 is 5.32 Å². The van der Waals surface area contributed by atoms with Crippen LogP contribution in [0.4, 0.5) is 21.7 Å². The predicted octanol–water partition coefficient (Wildman–Crippen LogP) is 2.52. The van der Waals surface area contributed by atoms with Crippen molar-refractivity contribution in [1.29, 1.82) is 0 Å². The van der Waals surface area contributed by atoms with Gasteiger partial charge in [0.15, 0.2) is 0 Å². The molecule has 3 aromatic rings. The summed E-state index contributed by atoms with van der Waals surface area (Å²) in [7, 11) is -7.85. The lowest BCUT2D eigenvalue weighted by molar-refractivity contribution is -0.116. The zero-order valence-corrected chi connectivity index (χ0v) is 20.1. The lowest BCUT2D eigenvalue weighted by Crippen LogP contribution is -2.45. The number of hydrogen-bond acceptors (Lipinski definition) is 7. The Labute approximate surface area is 197 Å². The summed E-state index contributed by atoms with van der Waals surface area (Å²) >= 11 is 0. The van der Waals surface area contributed by atoms with Crippen molar-refractivity contribution in [2.75, 3.05) is 20.6 Å². The van der Waals surface area contributed by atoms with Crippen LogP contribution in [0.1, 0.15) is 12.6 Å². The van der Waals surface area contributed by atoms with E-state index in [1.807, 2.05) is 0 Å². The van der Waals surface area contributed by atoms with Crippen LogP contribution in [0.15, 0.2) is 65.7 Å². The molecule has 0 aliphatic rings. The summed E-state index contributed by atoms with van der Waals surface area (Å²) in [5.74, 6) is -1.29. The Morgan fingerprint density at radius 1 is 1.00 bits per heavy atom. The lowest BCUT2D eigenvalue weighted by atomic mass is 10.2. The van der Waals surface area contributed by atoms with Gasteiger partial charge in [0.1, 0.15) is 11.9 Å². The minimum atomic E-state index is -3.97. The Morgan fingerprint density at radius 2 is 1.62 bits per heavy atom. The molecule has 0 saturated heterocycles. The highest BCUT2D eigenvalue weighted by Crippen LogP contribution is 2.22. The number of amides is 1. The van der Waals surface area contributed by atoms with E-state index in [-0.39, 0.29) is 22.2 Å². The van der Waals surface area contributed by atoms with Gasteiger partial charge in [-0.1, -0.05) is 0 Å². The molecule has 0 aliphatic heterocycles. The molecule has 0 fully saturated rings. The monoisotopic (exact) mass is 507 g/mol. The molecule has 180 valence electrons. The molecular formula is C21H22FN5O5S2. The van der Waals surface area contributed by atoms with Gasteiger partial charge in [0.05, 0.1) is 16.8 Å². The molecule has 0 spiro atoms. The molecule has 0 unspecified atom stereocenters. The van der Waals surface area contributed by atoms with E-state index in [0.29, 0.717) is 5.69 Å². The molecule has 1 heterocycles. The van der Waals surface area contributed by atoms with Crippen molar-refractivity contribution in [3.63, 3.8) is 0 Å². The Balaban J connectivity index is 1.76. The van der Waals surface area contributed by atoms with Crippen LogP contribution in [0.5, 0.6) is 0 Å². The number of nitrogens with zero attached hydrogens (tertiary/aromatic N) is 3. The quantitative estimate of drug-likeness (QED) is 0.478. The fourth-order valence-corrected chi connectivity index (χ4v) is 5.16. The molecule has 2 aromatic carbocycles. The van der Waals surface area contributed by atoms with E-state index in [1.165, 1.54) is 49.5 Å². The number of benzene rings is 2. The van der Waals surface area contributed by atoms with Crippen molar-refractivity contribution >= 4 is 43.3 Å². The van der Waals surface area contributed by atoms with Gasteiger partial charge in [-0.15, -0.1) is 0 Å². The molecule has 10 nitrogen and oxygen atoms in total. The average Bonchev–Trinajstić information content (AvgIpc) is 2.74. The maximum atomic E-state index is 13.2. The third-order valence-electron chi connectivity index (χ3n) is 4.62. The molecule has 3 rings (SSSR count). The highest BCUT2D eigenvalue weighted by Gasteiger charge is 2.29. The summed E-state index contributed by atoms with van der Waals surface area (Å²) < 4.78 is 66.1. The molecule has 0 aliphatic carbocycles. The van der Waals surface area contributed by atoms with E-state index in [1.54, 1.807) is 13.0 Å². The number of aryl methyl sites for hydroxylation is 1. The molecule has 0 bridgehead atoms. The molecule has 34 heavy (non-hydrogen) atoms. The third kappa shape index (κ3) is 6.05. The Kier molecular flexibility index (Phi) is 7.17. The van der Waals surface area contributed by atoms with Crippen LogP contribution in [0, 0.1) is 12.7 Å². The van der Waals surface area contributed by atoms with Crippen LogP contribution >= 0.6 is 0 Å². The number of sulfonamides is 2. The van der Waals surface area contributed by atoms with Gasteiger partial charge in [-0.3, -0.25) is 9.10 Å². The highest BCUT2D eigenvalue weighted by atomic mass is 32.2. The van der Waals surface area contributed by atoms with Gasteiger partial charge >= 0.3 is 0 Å². The first-order chi connectivity index (χ1) is 15.9. The van der Waals surface area contributed by atoms with E-state index in [0.717, 1.165) is 22.7 Å². The summed E-state index contributed by atoms with van der Waals surface area (Å²) in [6.07, 6.45) is 2.36. The second kappa shape index (κ2) is 9.73. The smallest absolute Gasteiger partial charge is 0.264 e. The Bertz CT molecular complexity index is 1400. The zero-order valence-electron chi connectivity index (χ0n) is 18.4. The fourth-order valence-electron chi connectivity index (χ4n) is 3.04. The Morgan fingerprint density at radius 3 is 2.18 bits per heavy atom. The number of aromatic nitrogens is 2. The molecule has 1 amide bonds. The van der Waals surface area contributed by atoms with Gasteiger partial charge in [0, 0.05) is 17.6 Å². The summed E-state index contributed by atoms with van der Waals surface area (Å²) in [5, 5.41) is 2.55. The van der Waals surface area contributed by atoms with Gasteiger partial charge in [-0.25, -0.2) is 35.9 Å². The van der Waals surface area contributed by atoms with Crippen LogP contribution in [-0.4, -0.2) is 45.0 Å². The van der Waals surface area contributed by atoms with E-state index in [2.05, 4.69) is 20.0 Å². The molecule has 1 atom stereocenters. The van der Waals surface area contributed by atoms with Gasteiger partial charge in [-0.05, 0) is 68.4 Å². The van der Waals surface area contributed by atoms with E-state index < -0.39 is 37.8 Å². The minimum absolute atomic E-state index is 0.0761. The number of hydrogen-bond donors (Lipinski definition) is 2. The molecule has 1 aromatic heterocycles. The van der Waals surface area contributed by atoms with E-state index >= 15 is 0 Å². The van der Waals surface area contributed by atoms with Crippen LogP contribution in [0.2, 0.25) is 0 Å². The maximum Gasteiger partial charge on any atom is 0.264 e. The standard InChI is InChI=1S/C21H22FN5O5S2/c1-14-12-13-23-21(24-14)26-34(31,32)19-10-6-17(7-11-19)25-20(28)15(2)27(33(3,29)30)18-8-4-16(22)5-9-18/h4-13,15H,1-3H3,(H,25,28)(H,23,24,26)/t15-/m1/s1. The third-order valence-corrected chi connectivity index (χ3v) is 7.21. The van der Waals surface area contributed by atoms with Crippen molar-refractivity contribution in [3.8, 4) is 0 Å². The molecule has 0 radical (unpaired) electrons. The van der Waals surface area contributed by atoms with Crippen molar-refractivity contribution in [2.24, 2.45) is 0 Å². The van der Waals surface area contributed by atoms with Gasteiger partial charge in [-0.2, -0.15) is 0 Å². The molecule has 13 heteroatoms. The number of anilines is 3. The van der Waals surface area contributed by atoms with Crippen LogP contribution in [-0.2, 0) is 24.8 Å². The zero-order chi connectivity index (χ0) is 25.1. The molecule has 0 saturated carbocycles. The van der Waals surface area contributed by atoms with Crippen molar-refractivity contribution in [1.82, 2.24) is 9.97 Å². The van der Waals surface area contributed by atoms with Crippen LogP contribution in [0.3, 0.4) is 0 Å². The normalized spacial score (nSPS) is 12.6. The first kappa shape index (κ1) is 25.1. The maximum absolute atomic E-state index is 13.2. The van der Waals surface area contributed by atoms with Crippen molar-refractivity contribution in [3.05, 3.63) is 72.3 Å². The number of carbonyl (C=O) groups excluding carboxylic acids is 1. The lowest BCUT2D eigenvalue weighted by Gasteiger charge is -2.28. The number of halogens is 1. The second-order valence-corrected chi connectivity index (χ2v) is 10.9. The molecular weight excluding hydrogens is 485 g/mol. The van der Waals surface area contributed by atoms with E-state index in [4.69, 9.17) is 0 Å². The predicted molar refractivity (Wildman–Crippen MR) is 126 cm³/mol. The summed E-state index contributed by atoms with van der Waals surface area (Å²) in [6, 6.07) is 10.4. The first-order valence-electron chi connectivity index (χ1n) is 9.85. The van der Waals surface area contributed by atoms with Crippen LogP contribution < -0.4 is 14.3 Å². The van der Waals surface area contributed by atoms with Crippen molar-refractivity contribution < 1.29 is 26.0 Å². The second-order valence-electron chi connectivity index (χ2n) is 7.35. The van der Waals surface area contributed by atoms with Crippen LogP contribution in [0.25, 0.3) is 0 Å². The first-order valence-corrected chi connectivity index (χ1v) is 13.2. The minimum Gasteiger partial charge on any atom is -0.324 e. The average molecular weight is 508 g/mol. The van der Waals surface area contributed by atoms with Gasteiger partial charge in [0.25, 0.3) is 10.0 Å². The van der Waals surface area contributed by atoms with Crippen molar-refractivity contribution in [2.45, 2.75) is 24.8 Å². The van der Waals surface area contributed by atoms with Gasteiger partial charge in [0.2, 0.25) is 21.9 Å². The summed E-state index contributed by atoms with van der Waals surface area (Å²) in [4.78, 5) is 20.5. The fraction of sp³-hybridized carbons (Fsp3) is 0.190. The highest BCUT2D eigenvalue weighted by molar-refractivity contribution is 7.92. The number of carbonyl (C=O) groups is 1. The number of rotatable bonds is 8. The largest absolute Gasteiger partial charge is 0.324 e. The summed E-state index contributed by atoms with van der Waals surface area (Å²) in [6.45, 7) is 3.07. The van der Waals surface area contributed by atoms with E-state index in [9.17, 15) is 26.0 Å².